The molecule has 4 nitrogen and oxygen atoms in total. The first-order valence-electron chi connectivity index (χ1n) is 7.92. The van der Waals surface area contributed by atoms with E-state index in [9.17, 15) is 22.9 Å². The lowest BCUT2D eigenvalue weighted by Gasteiger charge is -2.15. The second kappa shape index (κ2) is 6.49. The first-order chi connectivity index (χ1) is 12.1. The van der Waals surface area contributed by atoms with Crippen LogP contribution in [0.2, 0.25) is 5.02 Å². The van der Waals surface area contributed by atoms with Gasteiger partial charge < -0.3 is 0 Å². The SMILES string of the molecule is Cc1cc(-c2c(C#N)c(Cl)cc(F)c2C(=O)C2CC2)ccc1S(C)(=O)=O. The van der Waals surface area contributed by atoms with Crippen molar-refractivity contribution in [3.05, 3.63) is 51.8 Å². The van der Waals surface area contributed by atoms with Crippen molar-refractivity contribution < 1.29 is 17.6 Å². The molecule has 1 fully saturated rings. The third-order valence-electron chi connectivity index (χ3n) is 4.40. The van der Waals surface area contributed by atoms with E-state index in [2.05, 4.69) is 0 Å². The molecule has 0 bridgehead atoms. The van der Waals surface area contributed by atoms with E-state index in [-0.39, 0.29) is 38.3 Å². The number of hydrogen-bond donors (Lipinski definition) is 0. The average molecular weight is 392 g/mol. The average Bonchev–Trinajstić information content (AvgIpc) is 3.37. The predicted octanol–water partition coefficient (Wildman–Crippen LogP) is 4.32. The maximum Gasteiger partial charge on any atom is 0.175 e. The van der Waals surface area contributed by atoms with E-state index in [1.54, 1.807) is 6.92 Å². The van der Waals surface area contributed by atoms with Gasteiger partial charge in [-0.05, 0) is 43.0 Å². The molecule has 134 valence electrons. The van der Waals surface area contributed by atoms with E-state index in [0.29, 0.717) is 24.0 Å². The van der Waals surface area contributed by atoms with E-state index in [0.717, 1.165) is 12.3 Å². The normalized spacial score (nSPS) is 14.1. The Morgan fingerprint density at radius 1 is 1.31 bits per heavy atom. The Kier molecular flexibility index (Phi) is 4.63. The van der Waals surface area contributed by atoms with Gasteiger partial charge in [-0.3, -0.25) is 4.79 Å². The maximum absolute atomic E-state index is 14.6. The lowest BCUT2D eigenvalue weighted by atomic mass is 9.90. The summed E-state index contributed by atoms with van der Waals surface area (Å²) in [6, 6.07) is 7.32. The molecule has 2 aromatic carbocycles. The number of carbonyl (C=O) groups is 1. The van der Waals surface area contributed by atoms with Crippen LogP contribution in [-0.4, -0.2) is 20.5 Å². The molecular weight excluding hydrogens is 377 g/mol. The first-order valence-corrected chi connectivity index (χ1v) is 10.2. The van der Waals surface area contributed by atoms with Crippen molar-refractivity contribution in [2.24, 2.45) is 5.92 Å². The molecule has 0 aromatic heterocycles. The Balaban J connectivity index is 2.32. The zero-order chi connectivity index (χ0) is 19.2. The van der Waals surface area contributed by atoms with E-state index < -0.39 is 15.7 Å². The van der Waals surface area contributed by atoms with Gasteiger partial charge in [-0.1, -0.05) is 23.7 Å². The summed E-state index contributed by atoms with van der Waals surface area (Å²) in [6.07, 6.45) is 2.47. The highest BCUT2D eigenvalue weighted by Gasteiger charge is 2.35. The fourth-order valence-corrected chi connectivity index (χ4v) is 4.22. The van der Waals surface area contributed by atoms with Gasteiger partial charge in [0.15, 0.2) is 15.6 Å². The van der Waals surface area contributed by atoms with Crippen molar-refractivity contribution in [1.82, 2.24) is 0 Å². The van der Waals surface area contributed by atoms with Crippen LogP contribution in [0, 0.1) is 30.0 Å². The minimum Gasteiger partial charge on any atom is -0.294 e. The van der Waals surface area contributed by atoms with Crippen LogP contribution < -0.4 is 0 Å². The number of carbonyl (C=O) groups excluding carboxylic acids is 1. The number of sulfone groups is 1. The van der Waals surface area contributed by atoms with E-state index >= 15 is 0 Å². The minimum absolute atomic E-state index is 0.00331. The van der Waals surface area contributed by atoms with Gasteiger partial charge in [-0.15, -0.1) is 0 Å². The summed E-state index contributed by atoms with van der Waals surface area (Å²) in [4.78, 5) is 12.8. The zero-order valence-electron chi connectivity index (χ0n) is 14.1. The van der Waals surface area contributed by atoms with Crippen molar-refractivity contribution in [1.29, 1.82) is 5.26 Å². The van der Waals surface area contributed by atoms with Gasteiger partial charge in [0.25, 0.3) is 0 Å². The Morgan fingerprint density at radius 3 is 2.46 bits per heavy atom. The summed E-state index contributed by atoms with van der Waals surface area (Å²) in [5.41, 5.74) is 0.803. The summed E-state index contributed by atoms with van der Waals surface area (Å²) in [5, 5.41) is 9.42. The molecule has 0 heterocycles. The van der Waals surface area contributed by atoms with Crippen LogP contribution in [-0.2, 0) is 9.84 Å². The number of nitriles is 1. The quantitative estimate of drug-likeness (QED) is 0.727. The first kappa shape index (κ1) is 18.6. The van der Waals surface area contributed by atoms with Crippen LogP contribution in [0.15, 0.2) is 29.2 Å². The number of ketones is 1. The number of benzene rings is 2. The molecule has 0 atom stereocenters. The Hall–Kier alpha value is -2.23. The molecule has 0 unspecified atom stereocenters. The van der Waals surface area contributed by atoms with Crippen LogP contribution in [0.4, 0.5) is 4.39 Å². The Bertz CT molecular complexity index is 1080. The van der Waals surface area contributed by atoms with Crippen LogP contribution in [0.5, 0.6) is 0 Å². The van der Waals surface area contributed by atoms with Crippen molar-refractivity contribution in [2.75, 3.05) is 6.26 Å². The van der Waals surface area contributed by atoms with Gasteiger partial charge in [0.05, 0.1) is 21.0 Å². The van der Waals surface area contributed by atoms with Gasteiger partial charge in [0.2, 0.25) is 0 Å². The van der Waals surface area contributed by atoms with Crippen molar-refractivity contribution in [3.8, 4) is 17.2 Å². The van der Waals surface area contributed by atoms with Crippen LogP contribution in [0.3, 0.4) is 0 Å². The number of aryl methyl sites for hydroxylation is 1. The summed E-state index contributed by atoms with van der Waals surface area (Å²) in [5.74, 6) is -1.37. The van der Waals surface area contributed by atoms with Gasteiger partial charge >= 0.3 is 0 Å². The van der Waals surface area contributed by atoms with Crippen molar-refractivity contribution >= 4 is 27.2 Å². The molecule has 0 amide bonds. The third kappa shape index (κ3) is 3.25. The maximum atomic E-state index is 14.6. The molecular formula is C19H15ClFNO3S. The Morgan fingerprint density at radius 2 is 1.96 bits per heavy atom. The fourth-order valence-electron chi connectivity index (χ4n) is 3.03. The van der Waals surface area contributed by atoms with Crippen molar-refractivity contribution in [3.63, 3.8) is 0 Å². The second-order valence-electron chi connectivity index (χ2n) is 6.47. The second-order valence-corrected chi connectivity index (χ2v) is 8.86. The Labute approximate surface area is 156 Å². The summed E-state index contributed by atoms with van der Waals surface area (Å²) < 4.78 is 38.2. The molecule has 0 N–H and O–H groups in total. The third-order valence-corrected chi connectivity index (χ3v) is 5.96. The zero-order valence-corrected chi connectivity index (χ0v) is 15.7. The molecule has 1 aliphatic carbocycles. The molecule has 7 heteroatoms. The van der Waals surface area contributed by atoms with E-state index in [4.69, 9.17) is 11.6 Å². The van der Waals surface area contributed by atoms with Crippen molar-refractivity contribution in [2.45, 2.75) is 24.7 Å². The van der Waals surface area contributed by atoms with Gasteiger partial charge in [-0.2, -0.15) is 5.26 Å². The van der Waals surface area contributed by atoms with Crippen LogP contribution in [0.1, 0.15) is 34.3 Å². The highest BCUT2D eigenvalue weighted by molar-refractivity contribution is 7.90. The topological polar surface area (TPSA) is 75.0 Å². The lowest BCUT2D eigenvalue weighted by Crippen LogP contribution is -2.09. The number of hydrogen-bond acceptors (Lipinski definition) is 4. The van der Waals surface area contributed by atoms with Crippen LogP contribution in [0.25, 0.3) is 11.1 Å². The molecule has 2 aromatic rings. The highest BCUT2D eigenvalue weighted by Crippen LogP contribution is 2.40. The molecule has 1 saturated carbocycles. The van der Waals surface area contributed by atoms with E-state index in [1.165, 1.54) is 18.2 Å². The van der Waals surface area contributed by atoms with Gasteiger partial charge in [-0.25, -0.2) is 12.8 Å². The monoisotopic (exact) mass is 391 g/mol. The molecule has 26 heavy (non-hydrogen) atoms. The summed E-state index contributed by atoms with van der Waals surface area (Å²) in [6.45, 7) is 1.61. The number of Topliss-reactive ketones (excluding diaryl/α,β-unsaturated/α-hetero) is 1. The number of nitrogens with zero attached hydrogens (tertiary/aromatic N) is 1. The smallest absolute Gasteiger partial charge is 0.175 e. The summed E-state index contributed by atoms with van der Waals surface area (Å²) >= 11 is 6.03. The highest BCUT2D eigenvalue weighted by atomic mass is 35.5. The van der Waals surface area contributed by atoms with E-state index in [1.807, 2.05) is 6.07 Å². The summed E-state index contributed by atoms with van der Waals surface area (Å²) in [7, 11) is -3.43. The number of halogens is 2. The van der Waals surface area contributed by atoms with Gasteiger partial charge in [0, 0.05) is 17.7 Å². The standard InChI is InChI=1S/C19H15ClFNO3S/c1-10-7-12(5-6-16(10)26(2,24)25)17-13(9-22)14(20)8-15(21)18(17)19(23)11-3-4-11/h5-8,11H,3-4H2,1-2H3. The van der Waals surface area contributed by atoms with Gasteiger partial charge in [0.1, 0.15) is 11.9 Å². The molecule has 0 aliphatic heterocycles. The molecule has 3 rings (SSSR count). The van der Waals surface area contributed by atoms with Crippen LogP contribution >= 0.6 is 11.6 Å². The molecule has 0 saturated heterocycles. The molecule has 1 aliphatic rings. The minimum atomic E-state index is -3.43. The predicted molar refractivity (Wildman–Crippen MR) is 96.5 cm³/mol. The molecule has 0 radical (unpaired) electrons. The largest absolute Gasteiger partial charge is 0.294 e. The molecule has 0 spiro atoms. The number of rotatable bonds is 4. The fraction of sp³-hybridized carbons (Fsp3) is 0.263. The lowest BCUT2D eigenvalue weighted by molar-refractivity contribution is 0.0964.